The van der Waals surface area contributed by atoms with Gasteiger partial charge < -0.3 is 10.1 Å². The zero-order chi connectivity index (χ0) is 18.2. The van der Waals surface area contributed by atoms with E-state index in [1.54, 1.807) is 30.3 Å². The number of anilines is 1. The van der Waals surface area contributed by atoms with Gasteiger partial charge in [-0.3, -0.25) is 4.79 Å². The Morgan fingerprint density at radius 1 is 1.12 bits per heavy atom. The van der Waals surface area contributed by atoms with Crippen LogP contribution in [0.4, 0.5) is 5.69 Å². The van der Waals surface area contributed by atoms with Crippen LogP contribution in [0, 0.1) is 0 Å². The van der Waals surface area contributed by atoms with E-state index in [1.807, 2.05) is 6.07 Å². The second kappa shape index (κ2) is 10.0. The van der Waals surface area contributed by atoms with E-state index in [4.69, 9.17) is 27.9 Å². The fourth-order valence-electron chi connectivity index (χ4n) is 2.31. The van der Waals surface area contributed by atoms with Gasteiger partial charge in [-0.25, -0.2) is 0 Å². The summed E-state index contributed by atoms with van der Waals surface area (Å²) in [5.41, 5.74) is 0.825. The maximum absolute atomic E-state index is 12.7. The number of nitrogens with one attached hydrogen (secondary N) is 1. The number of ether oxygens (including phenoxy) is 1. The van der Waals surface area contributed by atoms with Crippen LogP contribution < -0.4 is 10.1 Å². The number of halogens is 3. The quantitative estimate of drug-likeness (QED) is 0.446. The fraction of sp³-hybridized carbons (Fsp3) is 0.316. The second-order valence-corrected chi connectivity index (χ2v) is 7.33. The van der Waals surface area contributed by atoms with Gasteiger partial charge in [-0.05, 0) is 36.8 Å². The molecule has 0 aromatic heterocycles. The number of hydrogen-bond donors (Lipinski definition) is 1. The van der Waals surface area contributed by atoms with Gasteiger partial charge in [0.05, 0.1) is 27.9 Å². The molecule has 3 nitrogen and oxygen atoms in total. The molecule has 2 rings (SSSR count). The summed E-state index contributed by atoms with van der Waals surface area (Å²) in [6.07, 6.45) is 4.43. The lowest BCUT2D eigenvalue weighted by Crippen LogP contribution is -2.14. The minimum atomic E-state index is -0.320. The summed E-state index contributed by atoms with van der Waals surface area (Å²) in [7, 11) is 0. The number of rotatable bonds is 8. The van der Waals surface area contributed by atoms with Crippen molar-refractivity contribution in [1.29, 1.82) is 0 Å². The molecule has 1 N–H and O–H groups in total. The normalized spacial score (nSPS) is 10.6. The molecule has 134 valence electrons. The molecule has 2 aromatic rings. The zero-order valence-electron chi connectivity index (χ0n) is 14.0. The van der Waals surface area contributed by atoms with Crippen LogP contribution in [-0.2, 0) is 0 Å². The minimum absolute atomic E-state index is 0.320. The Morgan fingerprint density at radius 3 is 2.52 bits per heavy atom. The third-order valence-electron chi connectivity index (χ3n) is 3.64. The molecule has 0 bridgehead atoms. The summed E-state index contributed by atoms with van der Waals surface area (Å²) in [5, 5.41) is 3.54. The monoisotopic (exact) mass is 443 g/mol. The molecular weight excluding hydrogens is 425 g/mol. The smallest absolute Gasteiger partial charge is 0.259 e. The topological polar surface area (TPSA) is 38.3 Å². The van der Waals surface area contributed by atoms with Gasteiger partial charge in [-0.2, -0.15) is 0 Å². The molecule has 0 aliphatic rings. The van der Waals surface area contributed by atoms with Crippen LogP contribution in [0.5, 0.6) is 5.75 Å². The van der Waals surface area contributed by atoms with E-state index in [2.05, 4.69) is 28.2 Å². The Bertz CT molecular complexity index is 717. The molecule has 0 unspecified atom stereocenters. The highest BCUT2D eigenvalue weighted by Gasteiger charge is 2.16. The molecule has 0 atom stereocenters. The van der Waals surface area contributed by atoms with Gasteiger partial charge in [0, 0.05) is 4.47 Å². The zero-order valence-corrected chi connectivity index (χ0v) is 17.0. The van der Waals surface area contributed by atoms with Crippen molar-refractivity contribution in [2.24, 2.45) is 0 Å². The van der Waals surface area contributed by atoms with Crippen LogP contribution in [0.1, 0.15) is 43.0 Å². The molecule has 0 spiro atoms. The Hall–Kier alpha value is -1.23. The first-order valence-electron chi connectivity index (χ1n) is 8.20. The lowest BCUT2D eigenvalue weighted by atomic mass is 10.1. The van der Waals surface area contributed by atoms with E-state index in [-0.39, 0.29) is 5.91 Å². The van der Waals surface area contributed by atoms with Gasteiger partial charge in [-0.1, -0.05) is 71.4 Å². The van der Waals surface area contributed by atoms with Crippen molar-refractivity contribution < 1.29 is 9.53 Å². The van der Waals surface area contributed by atoms with Crippen LogP contribution in [0.15, 0.2) is 40.9 Å². The first kappa shape index (κ1) is 20.1. The van der Waals surface area contributed by atoms with Gasteiger partial charge in [0.2, 0.25) is 0 Å². The second-order valence-electron chi connectivity index (χ2n) is 5.60. The lowest BCUT2D eigenvalue weighted by Gasteiger charge is -2.13. The fourth-order valence-corrected chi connectivity index (χ4v) is 3.17. The molecule has 0 fully saturated rings. The highest BCUT2D eigenvalue weighted by molar-refractivity contribution is 9.10. The maximum atomic E-state index is 12.7. The minimum Gasteiger partial charge on any atom is -0.493 e. The van der Waals surface area contributed by atoms with Crippen LogP contribution in [0.2, 0.25) is 10.0 Å². The SMILES string of the molecule is CCCCCCOc1ccc(Br)cc1C(=O)Nc1c(Cl)cccc1Cl. The van der Waals surface area contributed by atoms with E-state index >= 15 is 0 Å². The van der Waals surface area contributed by atoms with Gasteiger partial charge in [0.25, 0.3) is 5.91 Å². The molecule has 0 saturated carbocycles. The van der Waals surface area contributed by atoms with Gasteiger partial charge in [0.1, 0.15) is 5.75 Å². The standard InChI is InChI=1S/C19H20BrCl2NO2/c1-2-3-4-5-11-25-17-10-9-13(20)12-14(17)19(24)23-18-15(21)7-6-8-16(18)22/h6-10,12H,2-5,11H2,1H3,(H,23,24). The average molecular weight is 445 g/mol. The van der Waals surface area contributed by atoms with E-state index < -0.39 is 0 Å². The van der Waals surface area contributed by atoms with E-state index in [0.717, 1.165) is 17.3 Å². The molecule has 0 heterocycles. The van der Waals surface area contributed by atoms with Crippen molar-refractivity contribution in [2.75, 3.05) is 11.9 Å². The summed E-state index contributed by atoms with van der Waals surface area (Å²) in [6, 6.07) is 10.4. The van der Waals surface area contributed by atoms with E-state index in [0.29, 0.717) is 33.7 Å². The first-order valence-corrected chi connectivity index (χ1v) is 9.75. The number of para-hydroxylation sites is 1. The average Bonchev–Trinajstić information content (AvgIpc) is 2.59. The first-order chi connectivity index (χ1) is 12.0. The Morgan fingerprint density at radius 2 is 1.84 bits per heavy atom. The Balaban J connectivity index is 2.13. The Kier molecular flexibility index (Phi) is 8.07. The largest absolute Gasteiger partial charge is 0.493 e. The predicted octanol–water partition coefficient (Wildman–Crippen LogP) is 6.97. The molecule has 25 heavy (non-hydrogen) atoms. The van der Waals surface area contributed by atoms with Crippen molar-refractivity contribution in [3.8, 4) is 5.75 Å². The van der Waals surface area contributed by atoms with Gasteiger partial charge >= 0.3 is 0 Å². The molecule has 1 amide bonds. The number of hydrogen-bond acceptors (Lipinski definition) is 2. The predicted molar refractivity (Wildman–Crippen MR) is 108 cm³/mol. The molecular formula is C19H20BrCl2NO2. The van der Waals surface area contributed by atoms with Crippen LogP contribution >= 0.6 is 39.1 Å². The van der Waals surface area contributed by atoms with Crippen molar-refractivity contribution in [3.05, 3.63) is 56.5 Å². The van der Waals surface area contributed by atoms with Crippen molar-refractivity contribution in [3.63, 3.8) is 0 Å². The van der Waals surface area contributed by atoms with Crippen molar-refractivity contribution in [1.82, 2.24) is 0 Å². The molecule has 0 radical (unpaired) electrons. The van der Waals surface area contributed by atoms with Crippen molar-refractivity contribution >= 4 is 50.7 Å². The molecule has 0 aliphatic carbocycles. The van der Waals surface area contributed by atoms with Gasteiger partial charge in [-0.15, -0.1) is 0 Å². The van der Waals surface area contributed by atoms with Crippen LogP contribution in [-0.4, -0.2) is 12.5 Å². The van der Waals surface area contributed by atoms with E-state index in [1.165, 1.54) is 12.8 Å². The van der Waals surface area contributed by atoms with Crippen molar-refractivity contribution in [2.45, 2.75) is 32.6 Å². The summed E-state index contributed by atoms with van der Waals surface area (Å²) < 4.78 is 6.60. The third kappa shape index (κ3) is 5.91. The number of benzene rings is 2. The molecule has 2 aromatic carbocycles. The number of unbranched alkanes of at least 4 members (excludes halogenated alkanes) is 3. The number of carbonyl (C=O) groups excluding carboxylic acids is 1. The summed E-state index contributed by atoms with van der Waals surface area (Å²) in [5.74, 6) is 0.222. The summed E-state index contributed by atoms with van der Waals surface area (Å²) >= 11 is 15.6. The number of carbonyl (C=O) groups is 1. The summed E-state index contributed by atoms with van der Waals surface area (Å²) in [4.78, 5) is 12.7. The lowest BCUT2D eigenvalue weighted by molar-refractivity contribution is 0.102. The number of amides is 1. The maximum Gasteiger partial charge on any atom is 0.259 e. The highest BCUT2D eigenvalue weighted by atomic mass is 79.9. The third-order valence-corrected chi connectivity index (χ3v) is 4.77. The Labute approximate surface area is 166 Å². The molecule has 0 aliphatic heterocycles. The van der Waals surface area contributed by atoms with E-state index in [9.17, 15) is 4.79 Å². The summed E-state index contributed by atoms with van der Waals surface area (Å²) in [6.45, 7) is 2.74. The highest BCUT2D eigenvalue weighted by Crippen LogP contribution is 2.31. The van der Waals surface area contributed by atoms with Gasteiger partial charge in [0.15, 0.2) is 0 Å². The molecule has 6 heteroatoms. The van der Waals surface area contributed by atoms with Crippen LogP contribution in [0.25, 0.3) is 0 Å². The molecule has 0 saturated heterocycles. The van der Waals surface area contributed by atoms with Crippen LogP contribution in [0.3, 0.4) is 0 Å².